The topological polar surface area (TPSA) is 73.2 Å². The van der Waals surface area contributed by atoms with Gasteiger partial charge in [-0.3, -0.25) is 9.59 Å². The highest BCUT2D eigenvalue weighted by molar-refractivity contribution is 6.04. The number of rotatable bonds is 5. The van der Waals surface area contributed by atoms with Crippen LogP contribution in [0.4, 0.5) is 20.4 Å². The number of halogens is 2. The number of Topliss-reactive ketones (excluding diaryl/α,β-unsaturated/α-hetero) is 1. The van der Waals surface area contributed by atoms with Gasteiger partial charge in [0.2, 0.25) is 11.7 Å². The van der Waals surface area contributed by atoms with Crippen LogP contribution in [0.25, 0.3) is 6.08 Å². The van der Waals surface area contributed by atoms with Crippen LogP contribution < -0.4 is 15.6 Å². The summed E-state index contributed by atoms with van der Waals surface area (Å²) in [4.78, 5) is 28.4. The van der Waals surface area contributed by atoms with Crippen LogP contribution >= 0.6 is 0 Å². The SMILES string of the molecule is COc1cn(Cc2cc(F)cc(F)c2)c(Nc2cccc3c2C=CCC3=O)nc1=O. The monoisotopic (exact) mass is 409 g/mol. The number of carbonyl (C=O) groups excluding carboxylic acids is 1. The summed E-state index contributed by atoms with van der Waals surface area (Å²) >= 11 is 0. The molecular weight excluding hydrogens is 392 g/mol. The first-order valence-corrected chi connectivity index (χ1v) is 9.15. The van der Waals surface area contributed by atoms with Crippen LogP contribution in [0.5, 0.6) is 5.75 Å². The van der Waals surface area contributed by atoms with E-state index in [0.717, 1.165) is 6.07 Å². The Hall–Kier alpha value is -3.81. The Morgan fingerprint density at radius 1 is 1.17 bits per heavy atom. The number of methoxy groups -OCH3 is 1. The summed E-state index contributed by atoms with van der Waals surface area (Å²) in [7, 11) is 1.34. The maximum Gasteiger partial charge on any atom is 0.316 e. The molecule has 0 radical (unpaired) electrons. The van der Waals surface area contributed by atoms with Gasteiger partial charge in [0.15, 0.2) is 5.78 Å². The normalized spacial score (nSPS) is 12.6. The van der Waals surface area contributed by atoms with E-state index in [2.05, 4.69) is 10.3 Å². The van der Waals surface area contributed by atoms with E-state index >= 15 is 0 Å². The van der Waals surface area contributed by atoms with Crippen LogP contribution in [-0.4, -0.2) is 22.4 Å². The molecule has 6 nitrogen and oxygen atoms in total. The number of ketones is 1. The largest absolute Gasteiger partial charge is 0.490 e. The van der Waals surface area contributed by atoms with Gasteiger partial charge in [-0.25, -0.2) is 8.78 Å². The van der Waals surface area contributed by atoms with E-state index < -0.39 is 17.2 Å². The molecule has 1 aliphatic rings. The van der Waals surface area contributed by atoms with Gasteiger partial charge in [0.1, 0.15) is 11.6 Å². The second kappa shape index (κ2) is 7.90. The predicted octanol–water partition coefficient (Wildman–Crippen LogP) is 3.92. The lowest BCUT2D eigenvalue weighted by Crippen LogP contribution is -2.19. The highest BCUT2D eigenvalue weighted by Gasteiger charge is 2.18. The molecule has 0 saturated carbocycles. The van der Waals surface area contributed by atoms with Gasteiger partial charge in [-0.1, -0.05) is 24.3 Å². The molecule has 0 fully saturated rings. The first kappa shape index (κ1) is 19.5. The van der Waals surface area contributed by atoms with Gasteiger partial charge >= 0.3 is 5.56 Å². The van der Waals surface area contributed by atoms with Crippen LogP contribution in [0.15, 0.2) is 53.5 Å². The molecule has 0 atom stereocenters. The van der Waals surface area contributed by atoms with Gasteiger partial charge in [-0.2, -0.15) is 4.98 Å². The molecule has 0 amide bonds. The second-order valence-corrected chi connectivity index (χ2v) is 6.77. The van der Waals surface area contributed by atoms with Gasteiger partial charge in [0.05, 0.1) is 19.9 Å². The molecule has 4 rings (SSSR count). The minimum atomic E-state index is -0.707. The summed E-state index contributed by atoms with van der Waals surface area (Å²) in [5.74, 6) is -1.29. The number of nitrogens with zero attached hydrogens (tertiary/aromatic N) is 2. The summed E-state index contributed by atoms with van der Waals surface area (Å²) < 4.78 is 33.8. The van der Waals surface area contributed by atoms with Crippen molar-refractivity contribution in [2.45, 2.75) is 13.0 Å². The van der Waals surface area contributed by atoms with Gasteiger partial charge in [-0.15, -0.1) is 0 Å². The van der Waals surface area contributed by atoms with Crippen molar-refractivity contribution in [2.75, 3.05) is 12.4 Å². The highest BCUT2D eigenvalue weighted by atomic mass is 19.1. The Morgan fingerprint density at radius 2 is 1.93 bits per heavy atom. The maximum absolute atomic E-state index is 13.6. The predicted molar refractivity (Wildman–Crippen MR) is 108 cm³/mol. The first-order valence-electron chi connectivity index (χ1n) is 9.15. The highest BCUT2D eigenvalue weighted by Crippen LogP contribution is 2.29. The lowest BCUT2D eigenvalue weighted by atomic mass is 9.95. The van der Waals surface area contributed by atoms with Gasteiger partial charge in [-0.05, 0) is 23.8 Å². The van der Waals surface area contributed by atoms with Crippen molar-refractivity contribution in [3.05, 3.63) is 87.3 Å². The molecule has 0 aliphatic heterocycles. The Bertz CT molecular complexity index is 1210. The van der Waals surface area contributed by atoms with Crippen molar-refractivity contribution in [2.24, 2.45) is 0 Å². The fraction of sp³-hybridized carbons (Fsp3) is 0.136. The van der Waals surface area contributed by atoms with Crippen molar-refractivity contribution in [3.63, 3.8) is 0 Å². The number of ether oxygens (including phenoxy) is 1. The Balaban J connectivity index is 1.78. The summed E-state index contributed by atoms with van der Waals surface area (Å²) in [5, 5.41) is 3.07. The third kappa shape index (κ3) is 3.84. The number of nitrogens with one attached hydrogen (secondary N) is 1. The molecule has 30 heavy (non-hydrogen) atoms. The molecule has 1 aliphatic carbocycles. The standard InChI is InChI=1S/C22H17F2N3O3/c1-30-20-12-27(11-13-8-14(23)10-15(24)9-13)22(26-21(20)29)25-18-6-2-5-17-16(18)4-3-7-19(17)28/h2-6,8-10,12H,7,11H2,1H3,(H,25,26,29). The molecule has 1 aromatic heterocycles. The van der Waals surface area contributed by atoms with Crippen molar-refractivity contribution in [1.29, 1.82) is 0 Å². The number of aromatic nitrogens is 2. The number of fused-ring (bicyclic) bond motifs is 1. The lowest BCUT2D eigenvalue weighted by Gasteiger charge is -2.18. The number of allylic oxidation sites excluding steroid dienone is 1. The summed E-state index contributed by atoms with van der Waals surface area (Å²) in [6, 6.07) is 8.39. The van der Waals surface area contributed by atoms with Crippen LogP contribution in [-0.2, 0) is 6.54 Å². The van der Waals surface area contributed by atoms with Gasteiger partial charge in [0, 0.05) is 29.3 Å². The minimum Gasteiger partial charge on any atom is -0.490 e. The zero-order valence-corrected chi connectivity index (χ0v) is 16.0. The number of carbonyl (C=O) groups is 1. The van der Waals surface area contributed by atoms with E-state index in [1.807, 2.05) is 6.08 Å². The Kier molecular flexibility index (Phi) is 5.14. The van der Waals surface area contributed by atoms with Crippen molar-refractivity contribution in [1.82, 2.24) is 9.55 Å². The van der Waals surface area contributed by atoms with Crippen LogP contribution in [0.1, 0.15) is 27.9 Å². The number of anilines is 2. The van der Waals surface area contributed by atoms with E-state index in [-0.39, 0.29) is 24.0 Å². The third-order valence-corrected chi connectivity index (χ3v) is 4.70. The van der Waals surface area contributed by atoms with E-state index in [4.69, 9.17) is 4.74 Å². The quantitative estimate of drug-likeness (QED) is 0.692. The molecule has 2 aromatic carbocycles. The molecule has 152 valence electrons. The number of hydrogen-bond acceptors (Lipinski definition) is 5. The molecule has 8 heteroatoms. The van der Waals surface area contributed by atoms with Gasteiger partial charge in [0.25, 0.3) is 0 Å². The van der Waals surface area contributed by atoms with E-state index in [1.54, 1.807) is 24.3 Å². The molecule has 1 N–H and O–H groups in total. The van der Waals surface area contributed by atoms with E-state index in [9.17, 15) is 18.4 Å². The average molecular weight is 409 g/mol. The van der Waals surface area contributed by atoms with Crippen molar-refractivity contribution in [3.8, 4) is 5.75 Å². The van der Waals surface area contributed by atoms with Gasteiger partial charge < -0.3 is 14.6 Å². The molecular formula is C22H17F2N3O3. The van der Waals surface area contributed by atoms with E-state index in [0.29, 0.717) is 28.8 Å². The minimum absolute atomic E-state index is 0.00790. The second-order valence-electron chi connectivity index (χ2n) is 6.77. The molecule has 1 heterocycles. The first-order chi connectivity index (χ1) is 14.4. The molecule has 0 spiro atoms. The lowest BCUT2D eigenvalue weighted by molar-refractivity contribution is 0.0994. The van der Waals surface area contributed by atoms with E-state index in [1.165, 1.54) is 30.0 Å². The maximum atomic E-state index is 13.6. The van der Waals surface area contributed by atoms with Crippen LogP contribution in [0.2, 0.25) is 0 Å². The third-order valence-electron chi connectivity index (χ3n) is 4.70. The van der Waals surface area contributed by atoms with Crippen LogP contribution in [0, 0.1) is 11.6 Å². The average Bonchev–Trinajstić information content (AvgIpc) is 2.70. The Labute approximate surface area is 170 Å². The fourth-order valence-corrected chi connectivity index (χ4v) is 3.34. The summed E-state index contributed by atoms with van der Waals surface area (Å²) in [6.07, 6.45) is 5.33. The number of hydrogen-bond donors (Lipinski definition) is 1. The smallest absolute Gasteiger partial charge is 0.316 e. The molecule has 3 aromatic rings. The zero-order valence-electron chi connectivity index (χ0n) is 16.0. The fourth-order valence-electron chi connectivity index (χ4n) is 3.34. The molecule has 0 bridgehead atoms. The molecule has 0 unspecified atom stereocenters. The number of benzene rings is 2. The van der Waals surface area contributed by atoms with Crippen molar-refractivity contribution < 1.29 is 18.3 Å². The van der Waals surface area contributed by atoms with Crippen LogP contribution in [0.3, 0.4) is 0 Å². The Morgan fingerprint density at radius 3 is 2.67 bits per heavy atom. The molecule has 0 saturated heterocycles. The summed E-state index contributed by atoms with van der Waals surface area (Å²) in [6.45, 7) is 0.0322. The zero-order chi connectivity index (χ0) is 21.3. The summed E-state index contributed by atoms with van der Waals surface area (Å²) in [5.41, 5.74) is 1.57. The van der Waals surface area contributed by atoms with Crippen molar-refractivity contribution >= 4 is 23.5 Å².